The van der Waals surface area contributed by atoms with E-state index in [4.69, 9.17) is 17.3 Å². The number of anilines is 2. The van der Waals surface area contributed by atoms with E-state index in [0.717, 1.165) is 28.0 Å². The Balaban J connectivity index is 2.09. The van der Waals surface area contributed by atoms with Gasteiger partial charge in [-0.05, 0) is 49.1 Å². The average molecular weight is 343 g/mol. The molecule has 1 aliphatic rings. The van der Waals surface area contributed by atoms with E-state index in [2.05, 4.69) is 0 Å². The minimum absolute atomic E-state index is 0.275. The number of benzene rings is 1. The van der Waals surface area contributed by atoms with Crippen molar-refractivity contribution in [1.82, 2.24) is 0 Å². The van der Waals surface area contributed by atoms with Crippen molar-refractivity contribution in [1.29, 1.82) is 0 Å². The molecule has 1 aliphatic heterocycles. The minimum Gasteiger partial charge on any atom is -0.398 e. The van der Waals surface area contributed by atoms with Crippen molar-refractivity contribution in [3.05, 3.63) is 39.2 Å². The Kier molecular flexibility index (Phi) is 3.43. The third-order valence-corrected chi connectivity index (χ3v) is 7.52. The standard InChI is InChI=1S/C14H15ClN2O2S2/c1-8-5-10-3-4-17(12(10)7-11(8)16)21(18,19)13-6-9(2)14(15)20-13/h5-7H,3-4,16H2,1-2H3. The zero-order valence-electron chi connectivity index (χ0n) is 11.7. The summed E-state index contributed by atoms with van der Waals surface area (Å²) in [4.78, 5) is 0. The highest BCUT2D eigenvalue weighted by molar-refractivity contribution is 7.94. The first-order valence-corrected chi connectivity index (χ1v) is 9.12. The molecule has 4 nitrogen and oxygen atoms in total. The minimum atomic E-state index is -3.57. The fourth-order valence-corrected chi connectivity index (χ4v) is 5.78. The molecule has 0 fully saturated rings. The Bertz CT molecular complexity index is 808. The van der Waals surface area contributed by atoms with Crippen molar-refractivity contribution in [2.75, 3.05) is 16.6 Å². The average Bonchev–Trinajstić information content (AvgIpc) is 2.95. The Morgan fingerprint density at radius 3 is 2.57 bits per heavy atom. The van der Waals surface area contributed by atoms with Crippen molar-refractivity contribution in [3.63, 3.8) is 0 Å². The van der Waals surface area contributed by atoms with Crippen LogP contribution >= 0.6 is 22.9 Å². The van der Waals surface area contributed by atoms with E-state index in [1.165, 1.54) is 4.31 Å². The lowest BCUT2D eigenvalue weighted by atomic mass is 10.1. The van der Waals surface area contributed by atoms with Gasteiger partial charge in [-0.1, -0.05) is 17.7 Å². The first kappa shape index (κ1) is 14.7. The second-order valence-electron chi connectivity index (χ2n) is 5.19. The molecule has 0 amide bonds. The molecule has 7 heteroatoms. The van der Waals surface area contributed by atoms with E-state index in [1.54, 1.807) is 19.1 Å². The van der Waals surface area contributed by atoms with Crippen LogP contribution in [0, 0.1) is 13.8 Å². The topological polar surface area (TPSA) is 63.4 Å². The van der Waals surface area contributed by atoms with Gasteiger partial charge in [-0.25, -0.2) is 8.42 Å². The number of sulfonamides is 1. The van der Waals surface area contributed by atoms with Crippen LogP contribution in [0.1, 0.15) is 16.7 Å². The van der Waals surface area contributed by atoms with Crippen molar-refractivity contribution >= 4 is 44.3 Å². The van der Waals surface area contributed by atoms with Gasteiger partial charge in [-0.3, -0.25) is 4.31 Å². The molecule has 1 aromatic heterocycles. The number of fused-ring (bicyclic) bond motifs is 1. The normalized spacial score (nSPS) is 14.5. The summed E-state index contributed by atoms with van der Waals surface area (Å²) in [5.74, 6) is 0. The van der Waals surface area contributed by atoms with E-state index in [0.29, 0.717) is 28.7 Å². The van der Waals surface area contributed by atoms with Crippen molar-refractivity contribution < 1.29 is 8.42 Å². The van der Waals surface area contributed by atoms with E-state index >= 15 is 0 Å². The van der Waals surface area contributed by atoms with Gasteiger partial charge in [0.1, 0.15) is 4.21 Å². The van der Waals surface area contributed by atoms with Crippen LogP contribution in [0.3, 0.4) is 0 Å². The molecule has 0 spiro atoms. The molecule has 21 heavy (non-hydrogen) atoms. The molecule has 0 atom stereocenters. The molecule has 2 N–H and O–H groups in total. The highest BCUT2D eigenvalue weighted by Gasteiger charge is 2.32. The van der Waals surface area contributed by atoms with E-state index in [1.807, 2.05) is 13.0 Å². The van der Waals surface area contributed by atoms with Gasteiger partial charge in [0.05, 0.1) is 10.0 Å². The molecule has 2 aromatic rings. The maximum atomic E-state index is 12.8. The second-order valence-corrected chi connectivity index (χ2v) is 8.93. The molecule has 0 saturated carbocycles. The Hall–Kier alpha value is -1.24. The lowest BCUT2D eigenvalue weighted by Crippen LogP contribution is -2.28. The van der Waals surface area contributed by atoms with Crippen LogP contribution in [0.2, 0.25) is 4.34 Å². The summed E-state index contributed by atoms with van der Waals surface area (Å²) in [6.07, 6.45) is 0.702. The lowest BCUT2D eigenvalue weighted by Gasteiger charge is -2.19. The molecule has 3 rings (SSSR count). The van der Waals surface area contributed by atoms with E-state index in [-0.39, 0.29) is 4.21 Å². The number of rotatable bonds is 2. The molecule has 0 saturated heterocycles. The van der Waals surface area contributed by atoms with E-state index < -0.39 is 10.0 Å². The molecule has 0 radical (unpaired) electrons. The predicted octanol–water partition coefficient (Wildman–Crippen LogP) is 3.35. The van der Waals surface area contributed by atoms with Gasteiger partial charge in [0.25, 0.3) is 10.0 Å². The number of nitrogen functional groups attached to an aromatic ring is 1. The van der Waals surface area contributed by atoms with Gasteiger partial charge in [0.2, 0.25) is 0 Å². The number of hydrogen-bond acceptors (Lipinski definition) is 4. The van der Waals surface area contributed by atoms with Gasteiger partial charge in [0, 0.05) is 12.2 Å². The number of hydrogen-bond donors (Lipinski definition) is 1. The smallest absolute Gasteiger partial charge is 0.273 e. The first-order valence-electron chi connectivity index (χ1n) is 6.48. The first-order chi connectivity index (χ1) is 9.80. The second kappa shape index (κ2) is 4.90. The fourth-order valence-electron chi connectivity index (χ4n) is 2.46. The summed E-state index contributed by atoms with van der Waals surface area (Å²) in [5.41, 5.74) is 9.99. The molecule has 2 heterocycles. The Labute approximate surface area is 133 Å². The van der Waals surface area contributed by atoms with Gasteiger partial charge in [-0.2, -0.15) is 0 Å². The predicted molar refractivity (Wildman–Crippen MR) is 87.9 cm³/mol. The quantitative estimate of drug-likeness (QED) is 0.851. The zero-order chi connectivity index (χ0) is 15.4. The number of halogens is 1. The Morgan fingerprint density at radius 2 is 1.95 bits per heavy atom. The third-order valence-electron chi connectivity index (χ3n) is 3.70. The van der Waals surface area contributed by atoms with Gasteiger partial charge < -0.3 is 5.73 Å². The monoisotopic (exact) mass is 342 g/mol. The molecular weight excluding hydrogens is 328 g/mol. The van der Waals surface area contributed by atoms with Gasteiger partial charge in [-0.15, -0.1) is 11.3 Å². The van der Waals surface area contributed by atoms with Crippen LogP contribution in [0.15, 0.2) is 22.4 Å². The highest BCUT2D eigenvalue weighted by atomic mass is 35.5. The zero-order valence-corrected chi connectivity index (χ0v) is 14.1. The molecule has 0 bridgehead atoms. The van der Waals surface area contributed by atoms with Crippen LogP contribution in [-0.2, 0) is 16.4 Å². The number of nitrogens with zero attached hydrogens (tertiary/aromatic N) is 1. The maximum absolute atomic E-state index is 12.8. The summed E-state index contributed by atoms with van der Waals surface area (Å²) in [6, 6.07) is 5.34. The number of thiophene rings is 1. The summed E-state index contributed by atoms with van der Waals surface area (Å²) in [7, 11) is -3.57. The van der Waals surface area contributed by atoms with Crippen molar-refractivity contribution in [2.45, 2.75) is 24.5 Å². The number of aryl methyl sites for hydroxylation is 2. The van der Waals surface area contributed by atoms with Crippen molar-refractivity contribution in [3.8, 4) is 0 Å². The molecule has 0 unspecified atom stereocenters. The maximum Gasteiger partial charge on any atom is 0.273 e. The summed E-state index contributed by atoms with van der Waals surface area (Å²) in [6.45, 7) is 4.17. The number of nitrogens with two attached hydrogens (primary N) is 1. The molecule has 0 aliphatic carbocycles. The van der Waals surface area contributed by atoms with Crippen LogP contribution in [0.4, 0.5) is 11.4 Å². The van der Waals surface area contributed by atoms with Crippen molar-refractivity contribution in [2.24, 2.45) is 0 Å². The third kappa shape index (κ3) is 2.31. The highest BCUT2D eigenvalue weighted by Crippen LogP contribution is 2.38. The summed E-state index contributed by atoms with van der Waals surface area (Å²) < 4.78 is 27.8. The van der Waals surface area contributed by atoms with Gasteiger partial charge >= 0.3 is 0 Å². The summed E-state index contributed by atoms with van der Waals surface area (Å²) >= 11 is 7.10. The largest absolute Gasteiger partial charge is 0.398 e. The molecule has 112 valence electrons. The summed E-state index contributed by atoms with van der Waals surface area (Å²) in [5, 5.41) is 0. The molecular formula is C14H15ClN2O2S2. The fraction of sp³-hybridized carbons (Fsp3) is 0.286. The van der Waals surface area contributed by atoms with Crippen LogP contribution < -0.4 is 10.0 Å². The van der Waals surface area contributed by atoms with Crippen LogP contribution in [-0.4, -0.2) is 15.0 Å². The van der Waals surface area contributed by atoms with Crippen LogP contribution in [0.25, 0.3) is 0 Å². The lowest BCUT2D eigenvalue weighted by molar-refractivity contribution is 0.594. The SMILES string of the molecule is Cc1cc2c(cc1N)N(S(=O)(=O)c1cc(C)c(Cl)s1)CC2. The van der Waals surface area contributed by atoms with Gasteiger partial charge in [0.15, 0.2) is 0 Å². The van der Waals surface area contributed by atoms with Crippen LogP contribution in [0.5, 0.6) is 0 Å². The Morgan fingerprint density at radius 1 is 1.24 bits per heavy atom. The van der Waals surface area contributed by atoms with E-state index in [9.17, 15) is 8.42 Å². The molecule has 1 aromatic carbocycles.